The van der Waals surface area contributed by atoms with Crippen LogP contribution in [0.1, 0.15) is 12.8 Å². The van der Waals surface area contributed by atoms with Gasteiger partial charge in [0.05, 0.1) is 0 Å². The van der Waals surface area contributed by atoms with E-state index in [1.54, 1.807) is 6.07 Å². The van der Waals surface area contributed by atoms with Crippen LogP contribution in [0.25, 0.3) is 0 Å². The molecule has 3 rings (SSSR count). The van der Waals surface area contributed by atoms with Crippen molar-refractivity contribution in [3.05, 3.63) is 34.9 Å². The van der Waals surface area contributed by atoms with Gasteiger partial charge in [0, 0.05) is 30.5 Å². The molecule has 1 aliphatic rings. The van der Waals surface area contributed by atoms with Gasteiger partial charge in [0.2, 0.25) is 5.95 Å². The highest BCUT2D eigenvalue weighted by Gasteiger charge is 2.11. The molecule has 5 nitrogen and oxygen atoms in total. The lowest BCUT2D eigenvalue weighted by Crippen LogP contribution is -2.17. The summed E-state index contributed by atoms with van der Waals surface area (Å²) in [5.41, 5.74) is 7.91. The van der Waals surface area contributed by atoms with E-state index in [9.17, 15) is 0 Å². The highest BCUT2D eigenvalue weighted by Crippen LogP contribution is 2.23. The maximum absolute atomic E-state index is 5.69. The van der Waals surface area contributed by atoms with Crippen molar-refractivity contribution in [3.63, 3.8) is 0 Å². The molecule has 1 aromatic heterocycles. The van der Waals surface area contributed by atoms with Crippen molar-refractivity contribution in [2.24, 2.45) is 0 Å². The van der Waals surface area contributed by atoms with Crippen LogP contribution in [0.15, 0.2) is 34.9 Å². The zero-order valence-corrected chi connectivity index (χ0v) is 12.6. The van der Waals surface area contributed by atoms with Crippen LogP contribution in [0.4, 0.5) is 23.1 Å². The van der Waals surface area contributed by atoms with Gasteiger partial charge in [0.25, 0.3) is 0 Å². The second-order valence-corrected chi connectivity index (χ2v) is 5.62. The van der Waals surface area contributed by atoms with Gasteiger partial charge < -0.3 is 16.0 Å². The Labute approximate surface area is 126 Å². The van der Waals surface area contributed by atoms with Gasteiger partial charge in [0.15, 0.2) is 0 Å². The molecule has 2 aromatic rings. The molecule has 0 amide bonds. The number of nitrogen functional groups attached to an aromatic ring is 1. The third-order valence-corrected chi connectivity index (χ3v) is 3.72. The van der Waals surface area contributed by atoms with E-state index in [1.807, 2.05) is 12.1 Å². The maximum Gasteiger partial charge on any atom is 0.230 e. The minimum Gasteiger partial charge on any atom is -0.383 e. The number of halogens is 1. The number of anilines is 4. The fourth-order valence-electron chi connectivity index (χ4n) is 2.35. The molecular weight excluding hydrogens is 318 g/mol. The van der Waals surface area contributed by atoms with E-state index in [-0.39, 0.29) is 0 Å². The second kappa shape index (κ2) is 5.66. The van der Waals surface area contributed by atoms with Crippen LogP contribution in [0.3, 0.4) is 0 Å². The Hall–Kier alpha value is -1.82. The van der Waals surface area contributed by atoms with E-state index in [0.717, 1.165) is 18.8 Å². The van der Waals surface area contributed by atoms with Gasteiger partial charge in [-0.3, -0.25) is 0 Å². The highest BCUT2D eigenvalue weighted by atomic mass is 79.9. The van der Waals surface area contributed by atoms with Crippen molar-refractivity contribution in [2.45, 2.75) is 12.8 Å². The van der Waals surface area contributed by atoms with Crippen molar-refractivity contribution < 1.29 is 0 Å². The third kappa shape index (κ3) is 3.01. The molecule has 3 N–H and O–H groups in total. The molecule has 1 aliphatic heterocycles. The molecule has 1 aromatic carbocycles. The van der Waals surface area contributed by atoms with Crippen LogP contribution < -0.4 is 16.0 Å². The van der Waals surface area contributed by atoms with Crippen LogP contribution in [0.2, 0.25) is 0 Å². The fraction of sp³-hybridized carbons (Fsp3) is 0.286. The van der Waals surface area contributed by atoms with E-state index in [2.05, 4.69) is 48.2 Å². The molecule has 2 heterocycles. The smallest absolute Gasteiger partial charge is 0.230 e. The summed E-state index contributed by atoms with van der Waals surface area (Å²) in [5.74, 6) is 0.925. The van der Waals surface area contributed by atoms with E-state index in [4.69, 9.17) is 5.73 Å². The Bertz CT molecular complexity index is 573. The molecule has 0 aliphatic carbocycles. The number of hydrogen-bond acceptors (Lipinski definition) is 5. The first-order valence-electron chi connectivity index (χ1n) is 6.63. The number of benzene rings is 1. The van der Waals surface area contributed by atoms with E-state index >= 15 is 0 Å². The lowest BCUT2D eigenvalue weighted by Gasteiger charge is -2.17. The molecule has 0 saturated carbocycles. The molecule has 0 radical (unpaired) electrons. The van der Waals surface area contributed by atoms with E-state index in [1.165, 1.54) is 18.5 Å². The van der Waals surface area contributed by atoms with Crippen LogP contribution in [0, 0.1) is 0 Å². The Morgan fingerprint density at radius 3 is 2.45 bits per heavy atom. The summed E-state index contributed by atoms with van der Waals surface area (Å²) in [4.78, 5) is 10.8. The molecule has 104 valence electrons. The Morgan fingerprint density at radius 1 is 1.10 bits per heavy atom. The molecule has 1 fully saturated rings. The van der Waals surface area contributed by atoms with E-state index in [0.29, 0.717) is 16.4 Å². The van der Waals surface area contributed by atoms with Crippen LogP contribution >= 0.6 is 15.9 Å². The first kappa shape index (κ1) is 13.2. The molecule has 0 atom stereocenters. The molecule has 0 spiro atoms. The largest absolute Gasteiger partial charge is 0.383 e. The first-order chi connectivity index (χ1) is 9.70. The average molecular weight is 334 g/mol. The summed E-state index contributed by atoms with van der Waals surface area (Å²) in [6.07, 6.45) is 2.57. The van der Waals surface area contributed by atoms with Gasteiger partial charge in [-0.1, -0.05) is 0 Å². The lowest BCUT2D eigenvalue weighted by molar-refractivity contribution is 0.949. The van der Waals surface area contributed by atoms with Gasteiger partial charge >= 0.3 is 0 Å². The number of rotatable bonds is 3. The predicted octanol–water partition coefficient (Wildman–Crippen LogP) is 3.17. The monoisotopic (exact) mass is 333 g/mol. The van der Waals surface area contributed by atoms with Gasteiger partial charge in [-0.25, -0.2) is 4.98 Å². The molecular formula is C14H16BrN5. The summed E-state index contributed by atoms with van der Waals surface area (Å²) >= 11 is 3.30. The van der Waals surface area contributed by atoms with Gasteiger partial charge in [-0.05, 0) is 53.0 Å². The van der Waals surface area contributed by atoms with Crippen LogP contribution in [-0.2, 0) is 0 Å². The molecule has 0 bridgehead atoms. The maximum atomic E-state index is 5.69. The zero-order valence-electron chi connectivity index (χ0n) is 11.0. The predicted molar refractivity (Wildman–Crippen MR) is 85.3 cm³/mol. The van der Waals surface area contributed by atoms with Crippen molar-refractivity contribution >= 4 is 39.1 Å². The quantitative estimate of drug-likeness (QED) is 0.844. The summed E-state index contributed by atoms with van der Waals surface area (Å²) in [6, 6.07) is 9.98. The zero-order chi connectivity index (χ0) is 13.9. The van der Waals surface area contributed by atoms with Crippen LogP contribution in [-0.4, -0.2) is 23.1 Å². The molecule has 0 unspecified atom stereocenters. The van der Waals surface area contributed by atoms with Crippen molar-refractivity contribution in [2.75, 3.05) is 29.0 Å². The summed E-state index contributed by atoms with van der Waals surface area (Å²) in [7, 11) is 0. The lowest BCUT2D eigenvalue weighted by atomic mass is 10.2. The number of nitrogens with zero attached hydrogens (tertiary/aromatic N) is 3. The SMILES string of the molecule is Nc1cc(Br)nc(Nc2ccc(N3CCCC3)cc2)n1. The minimum absolute atomic E-state index is 0.433. The first-order valence-corrected chi connectivity index (χ1v) is 7.42. The highest BCUT2D eigenvalue weighted by molar-refractivity contribution is 9.10. The molecule has 20 heavy (non-hydrogen) atoms. The van der Waals surface area contributed by atoms with Gasteiger partial charge in [0.1, 0.15) is 10.4 Å². The van der Waals surface area contributed by atoms with Gasteiger partial charge in [-0.15, -0.1) is 0 Å². The normalized spacial score (nSPS) is 14.6. The minimum atomic E-state index is 0.433. The Kier molecular flexibility index (Phi) is 3.73. The van der Waals surface area contributed by atoms with Gasteiger partial charge in [-0.2, -0.15) is 4.98 Å². The number of hydrogen-bond donors (Lipinski definition) is 2. The Morgan fingerprint density at radius 2 is 1.80 bits per heavy atom. The average Bonchev–Trinajstić information content (AvgIpc) is 2.92. The van der Waals surface area contributed by atoms with Crippen molar-refractivity contribution in [1.29, 1.82) is 0 Å². The third-order valence-electron chi connectivity index (χ3n) is 3.31. The topological polar surface area (TPSA) is 67.1 Å². The van der Waals surface area contributed by atoms with Crippen LogP contribution in [0.5, 0.6) is 0 Å². The molecule has 1 saturated heterocycles. The summed E-state index contributed by atoms with van der Waals surface area (Å²) in [6.45, 7) is 2.30. The number of nitrogens with one attached hydrogen (secondary N) is 1. The van der Waals surface area contributed by atoms with E-state index < -0.39 is 0 Å². The second-order valence-electron chi connectivity index (χ2n) is 4.81. The molecule has 6 heteroatoms. The standard InChI is InChI=1S/C14H16BrN5/c15-12-9-13(16)19-14(18-12)17-10-3-5-11(6-4-10)20-7-1-2-8-20/h3-6,9H,1-2,7-8H2,(H3,16,17,18,19). The fourth-order valence-corrected chi connectivity index (χ4v) is 2.75. The summed E-state index contributed by atoms with van der Waals surface area (Å²) < 4.78 is 0.668. The summed E-state index contributed by atoms with van der Waals surface area (Å²) in [5, 5.41) is 3.15. The van der Waals surface area contributed by atoms with Crippen molar-refractivity contribution in [1.82, 2.24) is 9.97 Å². The number of aromatic nitrogens is 2. The Balaban J connectivity index is 1.74. The number of nitrogens with two attached hydrogens (primary N) is 1. The van der Waals surface area contributed by atoms with Crippen molar-refractivity contribution in [3.8, 4) is 0 Å².